The van der Waals surface area contributed by atoms with Gasteiger partial charge in [-0.15, -0.1) is 0 Å². The van der Waals surface area contributed by atoms with Crippen molar-refractivity contribution in [3.05, 3.63) is 68.5 Å². The predicted molar refractivity (Wildman–Crippen MR) is 130 cm³/mol. The first-order valence-corrected chi connectivity index (χ1v) is 11.6. The number of halogens is 1. The van der Waals surface area contributed by atoms with E-state index in [1.165, 1.54) is 17.3 Å². The highest BCUT2D eigenvalue weighted by molar-refractivity contribution is 9.10. The van der Waals surface area contributed by atoms with Crippen LogP contribution >= 0.6 is 27.7 Å². The number of rotatable bonds is 6. The average molecular weight is 487 g/mol. The summed E-state index contributed by atoms with van der Waals surface area (Å²) < 4.78 is 6.81. The zero-order valence-electron chi connectivity index (χ0n) is 18.0. The van der Waals surface area contributed by atoms with Crippen LogP contribution in [0.1, 0.15) is 44.4 Å². The molecular formula is C24H27BrN2O2S. The number of aryl methyl sites for hydroxylation is 1. The fraction of sp³-hybridized carbons (Fsp3) is 0.333. The zero-order valence-corrected chi connectivity index (χ0v) is 20.4. The molecule has 2 aromatic carbocycles. The molecule has 0 aliphatic carbocycles. The minimum Gasteiger partial charge on any atom is -0.488 e. The molecule has 1 amide bonds. The van der Waals surface area contributed by atoms with E-state index in [4.69, 9.17) is 4.74 Å². The lowest BCUT2D eigenvalue weighted by Crippen LogP contribution is -2.35. The Morgan fingerprint density at radius 2 is 1.83 bits per heavy atom. The first kappa shape index (κ1) is 22.6. The Morgan fingerprint density at radius 3 is 2.43 bits per heavy atom. The average Bonchev–Trinajstić information content (AvgIpc) is 2.96. The topological polar surface area (TPSA) is 41.9 Å². The summed E-state index contributed by atoms with van der Waals surface area (Å²) in [4.78, 5) is 20.0. The van der Waals surface area contributed by atoms with Crippen molar-refractivity contribution < 1.29 is 9.53 Å². The maximum Gasteiger partial charge on any atom is 0.266 e. The van der Waals surface area contributed by atoms with Crippen molar-refractivity contribution >= 4 is 44.8 Å². The largest absolute Gasteiger partial charge is 0.488 e. The van der Waals surface area contributed by atoms with Crippen LogP contribution in [-0.2, 0) is 11.4 Å². The molecule has 0 spiro atoms. The lowest BCUT2D eigenvalue weighted by atomic mass is 10.1. The molecule has 1 aliphatic rings. The van der Waals surface area contributed by atoms with Crippen molar-refractivity contribution in [2.75, 3.05) is 0 Å². The van der Waals surface area contributed by atoms with Crippen LogP contribution in [0.5, 0.6) is 5.75 Å². The second-order valence-corrected chi connectivity index (χ2v) is 9.71. The SMILES string of the molecule is Cc1ccc(COc2ccc(/C=C3/SC(=NC(C)C)N(C(C)C)C3=O)cc2Br)cc1. The Morgan fingerprint density at radius 1 is 1.13 bits per heavy atom. The molecule has 0 saturated carbocycles. The monoisotopic (exact) mass is 486 g/mol. The van der Waals surface area contributed by atoms with E-state index in [0.29, 0.717) is 11.5 Å². The van der Waals surface area contributed by atoms with E-state index in [-0.39, 0.29) is 18.0 Å². The fourth-order valence-corrected chi connectivity index (χ4v) is 4.72. The van der Waals surface area contributed by atoms with Gasteiger partial charge in [-0.25, -0.2) is 0 Å². The molecule has 0 aromatic heterocycles. The molecule has 0 atom stereocenters. The van der Waals surface area contributed by atoms with Crippen molar-refractivity contribution in [2.24, 2.45) is 4.99 Å². The Bertz CT molecular complexity index is 981. The summed E-state index contributed by atoms with van der Waals surface area (Å²) in [6, 6.07) is 14.4. The molecule has 30 heavy (non-hydrogen) atoms. The van der Waals surface area contributed by atoms with Gasteiger partial charge < -0.3 is 4.74 Å². The number of carbonyl (C=O) groups is 1. The van der Waals surface area contributed by atoms with Gasteiger partial charge in [0.15, 0.2) is 5.17 Å². The quantitative estimate of drug-likeness (QED) is 0.442. The van der Waals surface area contributed by atoms with Crippen molar-refractivity contribution in [1.29, 1.82) is 0 Å². The van der Waals surface area contributed by atoms with Crippen molar-refractivity contribution in [2.45, 2.75) is 53.3 Å². The highest BCUT2D eigenvalue weighted by Crippen LogP contribution is 2.35. The predicted octanol–water partition coefficient (Wildman–Crippen LogP) is 6.43. The molecule has 3 rings (SSSR count). The molecule has 1 heterocycles. The number of aliphatic imine (C=N–C) groups is 1. The molecule has 1 aliphatic heterocycles. The standard InChI is InChI=1S/C24H27BrN2O2S/c1-15(2)26-24-27(16(3)4)23(28)22(30-24)13-19-10-11-21(20(25)12-19)29-14-18-8-6-17(5)7-9-18/h6-13,15-16H,14H2,1-5H3/b22-13+,26-24?. The normalized spacial score (nSPS) is 17.1. The van der Waals surface area contributed by atoms with E-state index in [0.717, 1.165) is 26.5 Å². The van der Waals surface area contributed by atoms with E-state index in [9.17, 15) is 4.79 Å². The maximum atomic E-state index is 12.9. The minimum absolute atomic E-state index is 0.00483. The van der Waals surface area contributed by atoms with E-state index < -0.39 is 0 Å². The first-order chi connectivity index (χ1) is 14.2. The lowest BCUT2D eigenvalue weighted by Gasteiger charge is -2.20. The molecule has 0 N–H and O–H groups in total. The second-order valence-electron chi connectivity index (χ2n) is 7.85. The Labute approximate surface area is 191 Å². The molecule has 0 bridgehead atoms. The summed E-state index contributed by atoms with van der Waals surface area (Å²) in [5.74, 6) is 0.777. The molecule has 2 aromatic rings. The highest BCUT2D eigenvalue weighted by Gasteiger charge is 2.35. The summed E-state index contributed by atoms with van der Waals surface area (Å²) in [5.41, 5.74) is 3.29. The van der Waals surface area contributed by atoms with Gasteiger partial charge in [0, 0.05) is 12.1 Å². The molecule has 158 valence electrons. The summed E-state index contributed by atoms with van der Waals surface area (Å²) in [6.45, 7) is 10.6. The van der Waals surface area contributed by atoms with Crippen LogP contribution in [0.4, 0.5) is 0 Å². The number of benzene rings is 2. The minimum atomic E-state index is 0.00483. The van der Waals surface area contributed by atoms with Crippen LogP contribution < -0.4 is 4.74 Å². The molecule has 4 nitrogen and oxygen atoms in total. The van der Waals surface area contributed by atoms with Crippen LogP contribution in [0, 0.1) is 6.92 Å². The summed E-state index contributed by atoms with van der Waals surface area (Å²) >= 11 is 5.03. The molecule has 1 saturated heterocycles. The van der Waals surface area contributed by atoms with Gasteiger partial charge in [0.05, 0.1) is 9.38 Å². The van der Waals surface area contributed by atoms with E-state index in [2.05, 4.69) is 52.1 Å². The first-order valence-electron chi connectivity index (χ1n) is 10.0. The number of hydrogen-bond acceptors (Lipinski definition) is 4. The van der Waals surface area contributed by atoms with Crippen molar-refractivity contribution in [3.63, 3.8) is 0 Å². The van der Waals surface area contributed by atoms with Crippen LogP contribution in [0.15, 0.2) is 56.8 Å². The highest BCUT2D eigenvalue weighted by atomic mass is 79.9. The molecule has 0 radical (unpaired) electrons. The third-order valence-electron chi connectivity index (χ3n) is 4.49. The smallest absolute Gasteiger partial charge is 0.266 e. The number of hydrogen-bond donors (Lipinski definition) is 0. The van der Waals surface area contributed by atoms with Gasteiger partial charge in [-0.1, -0.05) is 35.9 Å². The maximum absolute atomic E-state index is 12.9. The number of carbonyl (C=O) groups excluding carboxylic acids is 1. The Balaban J connectivity index is 1.76. The molecule has 0 unspecified atom stereocenters. The number of amides is 1. The van der Waals surface area contributed by atoms with Gasteiger partial charge in [0.1, 0.15) is 12.4 Å². The second kappa shape index (κ2) is 9.84. The lowest BCUT2D eigenvalue weighted by molar-refractivity contribution is -0.123. The van der Waals surface area contributed by atoms with Gasteiger partial charge in [0.25, 0.3) is 5.91 Å². The van der Waals surface area contributed by atoms with Crippen molar-refractivity contribution in [1.82, 2.24) is 4.90 Å². The van der Waals surface area contributed by atoms with Crippen LogP contribution in [0.2, 0.25) is 0 Å². The van der Waals surface area contributed by atoms with Gasteiger partial charge in [-0.3, -0.25) is 14.7 Å². The van der Waals surface area contributed by atoms with E-state index >= 15 is 0 Å². The summed E-state index contributed by atoms with van der Waals surface area (Å²) in [5, 5.41) is 0.772. The third kappa shape index (κ3) is 5.55. The number of nitrogens with zero attached hydrogens (tertiary/aromatic N) is 2. The summed E-state index contributed by atoms with van der Waals surface area (Å²) in [7, 11) is 0. The Kier molecular flexibility index (Phi) is 7.42. The van der Waals surface area contributed by atoms with Gasteiger partial charge in [-0.05, 0) is 91.6 Å². The van der Waals surface area contributed by atoms with Crippen LogP contribution in [0.3, 0.4) is 0 Å². The Hall–Kier alpha value is -2.05. The summed E-state index contributed by atoms with van der Waals surface area (Å²) in [6.07, 6.45) is 1.92. The third-order valence-corrected chi connectivity index (χ3v) is 6.11. The molecule has 1 fully saturated rings. The molecular weight excluding hydrogens is 460 g/mol. The number of thioether (sulfide) groups is 1. The van der Waals surface area contributed by atoms with Gasteiger partial charge in [-0.2, -0.15) is 0 Å². The van der Waals surface area contributed by atoms with Crippen LogP contribution in [0.25, 0.3) is 6.08 Å². The van der Waals surface area contributed by atoms with E-state index in [1.807, 2.05) is 52.0 Å². The van der Waals surface area contributed by atoms with Gasteiger partial charge >= 0.3 is 0 Å². The van der Waals surface area contributed by atoms with Crippen LogP contribution in [-0.4, -0.2) is 28.1 Å². The zero-order chi connectivity index (χ0) is 21.8. The van der Waals surface area contributed by atoms with Crippen molar-refractivity contribution in [3.8, 4) is 5.75 Å². The number of amidine groups is 1. The van der Waals surface area contributed by atoms with E-state index in [1.54, 1.807) is 4.90 Å². The molecule has 6 heteroatoms. The fourth-order valence-electron chi connectivity index (χ4n) is 2.97. The number of ether oxygens (including phenoxy) is 1. The van der Waals surface area contributed by atoms with Gasteiger partial charge in [0.2, 0.25) is 0 Å².